The highest BCUT2D eigenvalue weighted by Gasteiger charge is 2.07. The number of hydrogen-bond donors (Lipinski definition) is 1. The van der Waals surface area contributed by atoms with E-state index in [-0.39, 0.29) is 5.78 Å². The molecule has 1 aliphatic rings. The predicted octanol–water partition coefficient (Wildman–Crippen LogP) is 7.92. The maximum absolute atomic E-state index is 12.6. The Morgan fingerprint density at radius 1 is 1.15 bits per heavy atom. The molecular weight excluding hydrogens is 402 g/mol. The van der Waals surface area contributed by atoms with Crippen molar-refractivity contribution in [2.24, 2.45) is 0 Å². The minimum Gasteiger partial charge on any atom is -0.310 e. The van der Waals surface area contributed by atoms with E-state index in [1.54, 1.807) is 0 Å². The van der Waals surface area contributed by atoms with Gasteiger partial charge in [0, 0.05) is 12.5 Å². The first-order chi connectivity index (χ1) is 16.0. The highest BCUT2D eigenvalue weighted by molar-refractivity contribution is 5.95. The summed E-state index contributed by atoms with van der Waals surface area (Å²) < 4.78 is 0. The van der Waals surface area contributed by atoms with E-state index in [4.69, 9.17) is 0 Å². The average molecular weight is 444 g/mol. The van der Waals surface area contributed by atoms with Crippen LogP contribution in [0.4, 0.5) is 0 Å². The van der Waals surface area contributed by atoms with Gasteiger partial charge in [-0.25, -0.2) is 0 Å². The minimum absolute atomic E-state index is 0.220. The normalized spacial score (nSPS) is 15.2. The molecule has 0 aromatic heterocycles. The molecule has 2 heteroatoms. The van der Waals surface area contributed by atoms with E-state index in [2.05, 4.69) is 80.4 Å². The number of nitrogens with one attached hydrogen (secondary N) is 1. The molecule has 2 rings (SSSR count). The van der Waals surface area contributed by atoms with E-state index in [0.29, 0.717) is 12.5 Å². The fraction of sp³-hybridized carbons (Fsp3) is 0.387. The topological polar surface area (TPSA) is 29.1 Å². The van der Waals surface area contributed by atoms with Crippen LogP contribution in [-0.4, -0.2) is 12.3 Å². The van der Waals surface area contributed by atoms with Gasteiger partial charge in [-0.05, 0) is 80.3 Å². The van der Waals surface area contributed by atoms with E-state index in [1.165, 1.54) is 29.5 Å². The number of allylic oxidation sites excluding steroid dienone is 11. The number of hydrogen-bond acceptors (Lipinski definition) is 2. The van der Waals surface area contributed by atoms with Gasteiger partial charge < -0.3 is 5.32 Å². The summed E-state index contributed by atoms with van der Waals surface area (Å²) in [5.74, 6) is 0.220. The van der Waals surface area contributed by atoms with Gasteiger partial charge in [-0.3, -0.25) is 4.79 Å². The molecule has 0 radical (unpaired) electrons. The monoisotopic (exact) mass is 443 g/mol. The van der Waals surface area contributed by atoms with Gasteiger partial charge in [-0.15, -0.1) is 0 Å². The Balaban J connectivity index is 1.80. The third-order valence-corrected chi connectivity index (χ3v) is 6.06. The molecule has 1 aliphatic carbocycles. The largest absolute Gasteiger partial charge is 0.310 e. The fourth-order valence-corrected chi connectivity index (χ4v) is 3.75. The van der Waals surface area contributed by atoms with Crippen LogP contribution in [0.3, 0.4) is 0 Å². The lowest BCUT2D eigenvalue weighted by Gasteiger charge is -2.14. The van der Waals surface area contributed by atoms with E-state index in [1.807, 2.05) is 25.2 Å². The molecule has 0 heterocycles. The van der Waals surface area contributed by atoms with Gasteiger partial charge in [-0.1, -0.05) is 92.8 Å². The van der Waals surface area contributed by atoms with Crippen molar-refractivity contribution >= 4 is 5.78 Å². The number of Topliss-reactive ketones (excluding diaryl/α,β-unsaturated/α-hetero) is 1. The first-order valence-electron chi connectivity index (χ1n) is 12.4. The molecule has 1 aromatic rings. The Morgan fingerprint density at radius 3 is 2.67 bits per heavy atom. The van der Waals surface area contributed by atoms with Crippen LogP contribution in [0, 0.1) is 0 Å². The number of unbranched alkanes of at least 4 members (excludes halogenated alkanes) is 1. The zero-order chi connectivity index (χ0) is 23.9. The molecule has 2 nitrogen and oxygen atoms in total. The lowest BCUT2D eigenvalue weighted by molar-refractivity contribution is -0.115. The van der Waals surface area contributed by atoms with Gasteiger partial charge >= 0.3 is 0 Å². The maximum Gasteiger partial charge on any atom is 0.158 e. The Kier molecular flexibility index (Phi) is 12.2. The molecular formula is C31H41NO. The molecule has 33 heavy (non-hydrogen) atoms. The van der Waals surface area contributed by atoms with Gasteiger partial charge in [0.15, 0.2) is 5.78 Å². The number of carbonyl (C=O) groups is 1. The van der Waals surface area contributed by atoms with E-state index in [0.717, 1.165) is 43.4 Å². The molecule has 0 fully saturated rings. The summed E-state index contributed by atoms with van der Waals surface area (Å²) in [4.78, 5) is 12.6. The highest BCUT2D eigenvalue weighted by Crippen LogP contribution is 2.18. The predicted molar refractivity (Wildman–Crippen MR) is 143 cm³/mol. The first kappa shape index (κ1) is 26.5. The molecule has 1 N–H and O–H groups in total. The second kappa shape index (κ2) is 15.2. The van der Waals surface area contributed by atoms with Crippen LogP contribution in [0.15, 0.2) is 96.2 Å². The van der Waals surface area contributed by atoms with Crippen LogP contribution in [0.5, 0.6) is 0 Å². The molecule has 1 atom stereocenters. The van der Waals surface area contributed by atoms with E-state index in [9.17, 15) is 4.79 Å². The first-order valence-corrected chi connectivity index (χ1v) is 12.4. The summed E-state index contributed by atoms with van der Waals surface area (Å²) in [5.41, 5.74) is 5.82. The lowest BCUT2D eigenvalue weighted by Crippen LogP contribution is -2.19. The van der Waals surface area contributed by atoms with Crippen molar-refractivity contribution in [3.63, 3.8) is 0 Å². The maximum atomic E-state index is 12.6. The summed E-state index contributed by atoms with van der Waals surface area (Å²) in [6.07, 6.45) is 23.1. The van der Waals surface area contributed by atoms with Crippen molar-refractivity contribution in [3.05, 3.63) is 107 Å². The van der Waals surface area contributed by atoms with Crippen molar-refractivity contribution in [2.45, 2.75) is 71.8 Å². The van der Waals surface area contributed by atoms with Gasteiger partial charge in [0.2, 0.25) is 0 Å². The number of carbonyl (C=O) groups excluding carboxylic acids is 1. The summed E-state index contributed by atoms with van der Waals surface area (Å²) in [5, 5.41) is 3.57. The SMILES string of the molecule is C=C/C(=C\C=C(/C)C(=O)CCCc1ccc(C(C)NCCCC)cc1)CC1=CCC=CC=C1. The third kappa shape index (κ3) is 10.2. The van der Waals surface area contributed by atoms with Crippen molar-refractivity contribution in [2.75, 3.05) is 6.54 Å². The van der Waals surface area contributed by atoms with E-state index >= 15 is 0 Å². The molecule has 0 saturated heterocycles. The van der Waals surface area contributed by atoms with Crippen LogP contribution in [0.25, 0.3) is 0 Å². The molecule has 0 saturated carbocycles. The number of aryl methyl sites for hydroxylation is 1. The standard InChI is InChI=1S/C31H41NO/c1-5-7-23-32-26(4)30-21-19-28(20-22-30)15-12-16-31(33)25(3)17-18-27(6-2)24-29-13-10-8-9-11-14-29/h6,8-10,13-14,17-22,26,32H,2,5,7,11-12,15-16,23-24H2,1,3-4H3/b25-17+,27-18+. The van der Waals surface area contributed by atoms with Gasteiger partial charge in [0.05, 0.1) is 0 Å². The van der Waals surface area contributed by atoms with Crippen LogP contribution in [0.2, 0.25) is 0 Å². The van der Waals surface area contributed by atoms with Crippen molar-refractivity contribution < 1.29 is 4.79 Å². The number of benzene rings is 1. The van der Waals surface area contributed by atoms with Gasteiger partial charge in [0.1, 0.15) is 0 Å². The average Bonchev–Trinajstić information content (AvgIpc) is 3.10. The van der Waals surface area contributed by atoms with E-state index < -0.39 is 0 Å². The number of ketones is 1. The Hall–Kier alpha value is -2.71. The van der Waals surface area contributed by atoms with Crippen molar-refractivity contribution in [1.29, 1.82) is 0 Å². The quantitative estimate of drug-likeness (QED) is 0.180. The molecule has 1 aromatic carbocycles. The molecule has 176 valence electrons. The fourth-order valence-electron chi connectivity index (χ4n) is 3.75. The highest BCUT2D eigenvalue weighted by atomic mass is 16.1. The van der Waals surface area contributed by atoms with Gasteiger partial charge in [-0.2, -0.15) is 0 Å². The van der Waals surface area contributed by atoms with Crippen molar-refractivity contribution in [1.82, 2.24) is 5.32 Å². The second-order valence-corrected chi connectivity index (χ2v) is 8.82. The zero-order valence-corrected chi connectivity index (χ0v) is 20.8. The molecule has 0 spiro atoms. The van der Waals surface area contributed by atoms with Gasteiger partial charge in [0.25, 0.3) is 0 Å². The Labute approximate surface area is 201 Å². The Morgan fingerprint density at radius 2 is 1.94 bits per heavy atom. The minimum atomic E-state index is 0.220. The zero-order valence-electron chi connectivity index (χ0n) is 20.8. The van der Waals surface area contributed by atoms with Crippen molar-refractivity contribution in [3.8, 4) is 0 Å². The molecule has 0 bridgehead atoms. The summed E-state index contributed by atoms with van der Waals surface area (Å²) in [6.45, 7) is 11.3. The molecule has 0 amide bonds. The molecule has 0 aliphatic heterocycles. The van der Waals surface area contributed by atoms with Crippen LogP contribution in [0.1, 0.15) is 76.5 Å². The van der Waals surface area contributed by atoms with Crippen LogP contribution < -0.4 is 5.32 Å². The third-order valence-electron chi connectivity index (χ3n) is 6.06. The van der Waals surface area contributed by atoms with Crippen LogP contribution >= 0.6 is 0 Å². The number of rotatable bonds is 14. The lowest BCUT2D eigenvalue weighted by atomic mass is 10.00. The summed E-state index contributed by atoms with van der Waals surface area (Å²) in [7, 11) is 0. The second-order valence-electron chi connectivity index (χ2n) is 8.82. The van der Waals surface area contributed by atoms with Crippen LogP contribution in [-0.2, 0) is 11.2 Å². The Bertz CT molecular complexity index is 909. The molecule has 1 unspecified atom stereocenters. The summed E-state index contributed by atoms with van der Waals surface area (Å²) >= 11 is 0. The summed E-state index contributed by atoms with van der Waals surface area (Å²) in [6, 6.07) is 9.20. The smallest absolute Gasteiger partial charge is 0.158 e.